The van der Waals surface area contributed by atoms with Crippen LogP contribution < -0.4 is 10.9 Å². The third kappa shape index (κ3) is 4.79. The van der Waals surface area contributed by atoms with Crippen molar-refractivity contribution in [3.05, 3.63) is 93.2 Å². The van der Waals surface area contributed by atoms with Gasteiger partial charge in [0.15, 0.2) is 23.0 Å². The third-order valence-electron chi connectivity index (χ3n) is 6.14. The summed E-state index contributed by atoms with van der Waals surface area (Å²) < 4.78 is 10.8. The van der Waals surface area contributed by atoms with Crippen LogP contribution in [0.15, 0.2) is 91.2 Å². The van der Waals surface area contributed by atoms with Gasteiger partial charge in [-0.25, -0.2) is 0 Å². The van der Waals surface area contributed by atoms with Gasteiger partial charge in [-0.05, 0) is 18.2 Å². The Bertz CT molecular complexity index is 2110. The lowest BCUT2D eigenvalue weighted by atomic mass is 10.1. The minimum absolute atomic E-state index is 0.00385. The lowest BCUT2D eigenvalue weighted by Crippen LogP contribution is -2.02. The van der Waals surface area contributed by atoms with Crippen molar-refractivity contribution in [1.29, 1.82) is 0 Å². The van der Waals surface area contributed by atoms with Crippen molar-refractivity contribution >= 4 is 21.9 Å². The van der Waals surface area contributed by atoms with Crippen molar-refractivity contribution in [1.82, 2.24) is 0 Å². The van der Waals surface area contributed by atoms with Gasteiger partial charge in [0.2, 0.25) is 22.4 Å². The fourth-order valence-electron chi connectivity index (χ4n) is 4.20. The Hall–Kier alpha value is -6.30. The van der Waals surface area contributed by atoms with Crippen molar-refractivity contribution in [3.63, 3.8) is 0 Å². The van der Waals surface area contributed by atoms with Crippen molar-refractivity contribution < 1.29 is 49.7 Å². The molecule has 212 valence electrons. The highest BCUT2D eigenvalue weighted by Gasteiger charge is 2.20. The minimum atomic E-state index is -0.888. The fourth-order valence-corrected chi connectivity index (χ4v) is 4.20. The van der Waals surface area contributed by atoms with E-state index in [9.17, 15) is 50.4 Å². The van der Waals surface area contributed by atoms with Crippen LogP contribution in [0, 0.1) is 0 Å². The second-order valence-corrected chi connectivity index (χ2v) is 8.96. The Morgan fingerprint density at radius 1 is 0.452 bits per heavy atom. The molecule has 42 heavy (non-hydrogen) atoms. The number of hydrogen-bond donors (Lipinski definition) is 8. The zero-order valence-electron chi connectivity index (χ0n) is 21.1. The monoisotopic (exact) mass is 572 g/mol. The largest absolute Gasteiger partial charge is 0.508 e. The maximum Gasteiger partial charge on any atom is 0.238 e. The van der Waals surface area contributed by atoms with E-state index in [0.29, 0.717) is 5.56 Å². The summed E-state index contributed by atoms with van der Waals surface area (Å²) in [5.41, 5.74) is -1.11. The molecule has 4 aromatic carbocycles. The lowest BCUT2D eigenvalue weighted by molar-refractivity contribution is 0.403. The predicted octanol–water partition coefficient (Wildman–Crippen LogP) is 4.56. The van der Waals surface area contributed by atoms with E-state index in [4.69, 9.17) is 8.83 Å². The lowest BCUT2D eigenvalue weighted by Gasteiger charge is -2.08. The van der Waals surface area contributed by atoms with Crippen molar-refractivity contribution in [2.24, 2.45) is 0 Å². The summed E-state index contributed by atoms with van der Waals surface area (Å²) >= 11 is 0. The molecule has 0 unspecified atom stereocenters. The Balaban J connectivity index is 0.000000169. The molecule has 0 aliphatic heterocycles. The molecular formula is C30H20O12. The van der Waals surface area contributed by atoms with Gasteiger partial charge in [0.05, 0.1) is 0 Å². The summed E-state index contributed by atoms with van der Waals surface area (Å²) in [6, 6.07) is 16.5. The molecule has 2 aromatic heterocycles. The Kier molecular flexibility index (Phi) is 6.72. The number of phenolic OH excluding ortho intramolecular Hbond substituents is 6. The maximum atomic E-state index is 12.1. The Labute approximate surface area is 233 Å². The van der Waals surface area contributed by atoms with Gasteiger partial charge >= 0.3 is 0 Å². The molecule has 0 fully saturated rings. The summed E-state index contributed by atoms with van der Waals surface area (Å²) in [6.07, 6.45) is 0. The van der Waals surface area contributed by atoms with Crippen LogP contribution in [0.1, 0.15) is 0 Å². The first-order chi connectivity index (χ1) is 20.0. The van der Waals surface area contributed by atoms with Crippen molar-refractivity contribution in [3.8, 4) is 68.6 Å². The highest BCUT2D eigenvalue weighted by Crippen LogP contribution is 2.38. The van der Waals surface area contributed by atoms with Gasteiger partial charge in [-0.2, -0.15) is 0 Å². The van der Waals surface area contributed by atoms with Gasteiger partial charge in [0.1, 0.15) is 44.9 Å². The number of aromatic hydroxyl groups is 8. The quantitative estimate of drug-likeness (QED) is 0.134. The number of hydrogen-bond acceptors (Lipinski definition) is 12. The molecule has 0 saturated carbocycles. The minimum Gasteiger partial charge on any atom is -0.508 e. The molecule has 0 aliphatic carbocycles. The second kappa shape index (κ2) is 10.4. The molecule has 6 rings (SSSR count). The standard InChI is InChI=1S/C15H10O7.C15H10O5/c16-7-4-10(19)12-11(5-7)22-15(14(21)13(12)20)6-1-2-8(17)9(18)3-6;16-9-6-10(17)12-11(7-9)20-15(14(19)13(12)18)8-4-2-1-3-5-8/h1-5,16-19,21H;1-7,16-17,19H. The first-order valence-corrected chi connectivity index (χ1v) is 12.0. The molecular weight excluding hydrogens is 552 g/mol. The summed E-state index contributed by atoms with van der Waals surface area (Å²) in [5, 5.41) is 76.6. The van der Waals surface area contributed by atoms with Crippen LogP contribution in [0.2, 0.25) is 0 Å². The molecule has 0 atom stereocenters. The SMILES string of the molecule is O=c1c(O)c(-c2ccc(O)c(O)c2)oc2cc(O)cc(O)c12.O=c1c(O)c(-c2ccccc2)oc2cc(O)cc(O)c12. The zero-order valence-corrected chi connectivity index (χ0v) is 21.1. The highest BCUT2D eigenvalue weighted by molar-refractivity contribution is 5.89. The second-order valence-electron chi connectivity index (χ2n) is 8.96. The van der Waals surface area contributed by atoms with Crippen LogP contribution in [-0.2, 0) is 0 Å². The molecule has 0 aliphatic rings. The molecule has 0 amide bonds. The average Bonchev–Trinajstić information content (AvgIpc) is 2.94. The first kappa shape index (κ1) is 27.3. The molecule has 2 heterocycles. The number of phenols is 6. The van der Waals surface area contributed by atoms with Crippen LogP contribution in [-0.4, -0.2) is 40.9 Å². The molecule has 0 spiro atoms. The Morgan fingerprint density at radius 3 is 1.40 bits per heavy atom. The normalized spacial score (nSPS) is 10.9. The van der Waals surface area contributed by atoms with E-state index >= 15 is 0 Å². The van der Waals surface area contributed by atoms with Gasteiger partial charge < -0.3 is 49.7 Å². The van der Waals surface area contributed by atoms with Crippen LogP contribution in [0.4, 0.5) is 0 Å². The van der Waals surface area contributed by atoms with Crippen molar-refractivity contribution in [2.45, 2.75) is 0 Å². The molecule has 0 saturated heterocycles. The van der Waals surface area contributed by atoms with E-state index in [1.54, 1.807) is 30.3 Å². The van der Waals surface area contributed by atoms with Gasteiger partial charge in [-0.1, -0.05) is 30.3 Å². The van der Waals surface area contributed by atoms with E-state index < -0.39 is 39.6 Å². The van der Waals surface area contributed by atoms with E-state index in [2.05, 4.69) is 0 Å². The molecule has 6 aromatic rings. The van der Waals surface area contributed by atoms with Crippen LogP contribution in [0.3, 0.4) is 0 Å². The number of fused-ring (bicyclic) bond motifs is 2. The average molecular weight is 572 g/mol. The predicted molar refractivity (Wildman–Crippen MR) is 149 cm³/mol. The van der Waals surface area contributed by atoms with Crippen LogP contribution in [0.25, 0.3) is 44.6 Å². The molecule has 8 N–H and O–H groups in total. The number of rotatable bonds is 2. The van der Waals surface area contributed by atoms with Crippen molar-refractivity contribution in [2.75, 3.05) is 0 Å². The van der Waals surface area contributed by atoms with E-state index in [0.717, 1.165) is 30.3 Å². The maximum absolute atomic E-state index is 12.1. The molecule has 12 heteroatoms. The summed E-state index contributed by atoms with van der Waals surface area (Å²) in [5.74, 6) is -3.97. The summed E-state index contributed by atoms with van der Waals surface area (Å²) in [6.45, 7) is 0. The first-order valence-electron chi connectivity index (χ1n) is 12.0. The van der Waals surface area contributed by atoms with Crippen LogP contribution in [0.5, 0.6) is 46.0 Å². The number of benzene rings is 4. The van der Waals surface area contributed by atoms with Gasteiger partial charge in [0, 0.05) is 35.4 Å². The van der Waals surface area contributed by atoms with E-state index in [1.807, 2.05) is 0 Å². The third-order valence-corrected chi connectivity index (χ3v) is 6.14. The smallest absolute Gasteiger partial charge is 0.238 e. The zero-order chi connectivity index (χ0) is 30.3. The van der Waals surface area contributed by atoms with E-state index in [1.165, 1.54) is 12.1 Å². The summed E-state index contributed by atoms with van der Waals surface area (Å²) in [7, 11) is 0. The Morgan fingerprint density at radius 2 is 0.929 bits per heavy atom. The molecule has 0 radical (unpaired) electrons. The topological polar surface area (TPSA) is 222 Å². The van der Waals surface area contributed by atoms with E-state index in [-0.39, 0.29) is 56.3 Å². The summed E-state index contributed by atoms with van der Waals surface area (Å²) in [4.78, 5) is 24.2. The molecule has 0 bridgehead atoms. The van der Waals surface area contributed by atoms with Gasteiger partial charge in [-0.15, -0.1) is 0 Å². The molecule has 12 nitrogen and oxygen atoms in total. The van der Waals surface area contributed by atoms with Gasteiger partial charge in [-0.3, -0.25) is 9.59 Å². The van der Waals surface area contributed by atoms with Crippen LogP contribution >= 0.6 is 0 Å². The van der Waals surface area contributed by atoms with Gasteiger partial charge in [0.25, 0.3) is 0 Å². The fraction of sp³-hybridized carbons (Fsp3) is 0. The highest BCUT2D eigenvalue weighted by atomic mass is 16.4.